The SMILES string of the molecule is CCCCN(C)c1nccc(N2CCN(C/C=C/c3ccccc3)CC2)n1. The van der Waals surface area contributed by atoms with E-state index < -0.39 is 0 Å². The van der Waals surface area contributed by atoms with Crippen LogP contribution in [0.25, 0.3) is 6.08 Å². The number of hydrogen-bond donors (Lipinski definition) is 0. The van der Waals surface area contributed by atoms with Crippen molar-refractivity contribution in [3.8, 4) is 0 Å². The Morgan fingerprint density at radius 2 is 1.85 bits per heavy atom. The van der Waals surface area contributed by atoms with Gasteiger partial charge in [-0.2, -0.15) is 4.98 Å². The lowest BCUT2D eigenvalue weighted by Gasteiger charge is -2.35. The first kappa shape index (κ1) is 19.4. The normalized spacial score (nSPS) is 15.4. The van der Waals surface area contributed by atoms with Gasteiger partial charge < -0.3 is 9.80 Å². The second-order valence-corrected chi connectivity index (χ2v) is 7.09. The maximum atomic E-state index is 4.78. The summed E-state index contributed by atoms with van der Waals surface area (Å²) in [6, 6.07) is 12.5. The second kappa shape index (κ2) is 10.1. The highest BCUT2D eigenvalue weighted by molar-refractivity contribution is 5.49. The van der Waals surface area contributed by atoms with Gasteiger partial charge in [0.25, 0.3) is 0 Å². The molecule has 1 fully saturated rings. The highest BCUT2D eigenvalue weighted by Gasteiger charge is 2.18. The van der Waals surface area contributed by atoms with Crippen LogP contribution in [0.3, 0.4) is 0 Å². The summed E-state index contributed by atoms with van der Waals surface area (Å²) in [6.07, 6.45) is 8.70. The number of rotatable bonds is 8. The van der Waals surface area contributed by atoms with E-state index in [9.17, 15) is 0 Å². The molecule has 1 aromatic carbocycles. The fourth-order valence-corrected chi connectivity index (χ4v) is 3.26. The summed E-state index contributed by atoms with van der Waals surface area (Å²) in [5, 5.41) is 0. The first-order chi connectivity index (χ1) is 13.3. The van der Waals surface area contributed by atoms with Gasteiger partial charge in [0.1, 0.15) is 5.82 Å². The van der Waals surface area contributed by atoms with E-state index in [0.29, 0.717) is 0 Å². The van der Waals surface area contributed by atoms with E-state index >= 15 is 0 Å². The molecule has 144 valence electrons. The minimum atomic E-state index is 0.828. The summed E-state index contributed by atoms with van der Waals surface area (Å²) < 4.78 is 0. The molecule has 0 N–H and O–H groups in total. The molecule has 0 unspecified atom stereocenters. The highest BCUT2D eigenvalue weighted by atomic mass is 15.3. The molecule has 0 spiro atoms. The summed E-state index contributed by atoms with van der Waals surface area (Å²) in [6.45, 7) is 8.34. The van der Waals surface area contributed by atoms with Crippen LogP contribution in [0.2, 0.25) is 0 Å². The van der Waals surface area contributed by atoms with Crippen LogP contribution in [0.4, 0.5) is 11.8 Å². The zero-order valence-corrected chi connectivity index (χ0v) is 16.6. The number of aromatic nitrogens is 2. The molecule has 0 bridgehead atoms. The van der Waals surface area contributed by atoms with Gasteiger partial charge in [-0.3, -0.25) is 4.90 Å². The summed E-state index contributed by atoms with van der Waals surface area (Å²) >= 11 is 0. The number of unbranched alkanes of at least 4 members (excludes halogenated alkanes) is 1. The van der Waals surface area contributed by atoms with Crippen LogP contribution in [0, 0.1) is 0 Å². The molecule has 1 aliphatic rings. The molecular formula is C22H31N5. The Kier molecular flexibility index (Phi) is 7.22. The highest BCUT2D eigenvalue weighted by Crippen LogP contribution is 2.16. The van der Waals surface area contributed by atoms with E-state index in [1.807, 2.05) is 12.3 Å². The van der Waals surface area contributed by atoms with Gasteiger partial charge >= 0.3 is 0 Å². The number of hydrogen-bond acceptors (Lipinski definition) is 5. The van der Waals surface area contributed by atoms with E-state index in [0.717, 1.165) is 51.0 Å². The van der Waals surface area contributed by atoms with Gasteiger partial charge in [0.15, 0.2) is 0 Å². The van der Waals surface area contributed by atoms with Crippen molar-refractivity contribution < 1.29 is 0 Å². The van der Waals surface area contributed by atoms with Crippen LogP contribution in [0.15, 0.2) is 48.7 Å². The largest absolute Gasteiger partial charge is 0.354 e. The molecule has 0 atom stereocenters. The van der Waals surface area contributed by atoms with E-state index in [-0.39, 0.29) is 0 Å². The number of anilines is 2. The van der Waals surface area contributed by atoms with Crippen LogP contribution in [-0.4, -0.2) is 61.2 Å². The second-order valence-electron chi connectivity index (χ2n) is 7.09. The van der Waals surface area contributed by atoms with Crippen LogP contribution in [0.5, 0.6) is 0 Å². The van der Waals surface area contributed by atoms with E-state index in [1.54, 1.807) is 0 Å². The Labute approximate surface area is 163 Å². The van der Waals surface area contributed by atoms with Crippen molar-refractivity contribution >= 4 is 17.8 Å². The molecule has 1 aromatic heterocycles. The fraction of sp³-hybridized carbons (Fsp3) is 0.455. The lowest BCUT2D eigenvalue weighted by Crippen LogP contribution is -2.46. The van der Waals surface area contributed by atoms with Crippen molar-refractivity contribution in [2.75, 3.05) is 56.1 Å². The lowest BCUT2D eigenvalue weighted by molar-refractivity contribution is 0.283. The Morgan fingerprint density at radius 3 is 2.59 bits per heavy atom. The predicted octanol–water partition coefficient (Wildman–Crippen LogP) is 3.55. The van der Waals surface area contributed by atoms with Gasteiger partial charge in [-0.25, -0.2) is 4.98 Å². The first-order valence-electron chi connectivity index (χ1n) is 9.99. The molecule has 3 rings (SSSR count). The average molecular weight is 366 g/mol. The predicted molar refractivity (Wildman–Crippen MR) is 114 cm³/mol. The Morgan fingerprint density at radius 1 is 1.07 bits per heavy atom. The van der Waals surface area contributed by atoms with Gasteiger partial charge in [-0.15, -0.1) is 0 Å². The van der Waals surface area contributed by atoms with E-state index in [1.165, 1.54) is 18.4 Å². The number of benzene rings is 1. The summed E-state index contributed by atoms with van der Waals surface area (Å²) in [4.78, 5) is 16.2. The Hall–Kier alpha value is -2.40. The standard InChI is InChI=1S/C22H31N5/c1-3-4-14-25(2)22-23-13-12-21(24-22)27-18-16-26(17-19-27)15-8-11-20-9-6-5-7-10-20/h5-13H,3-4,14-19H2,1-2H3/b11-8+. The van der Waals surface area contributed by atoms with Crippen molar-refractivity contribution in [2.45, 2.75) is 19.8 Å². The van der Waals surface area contributed by atoms with Crippen molar-refractivity contribution in [3.63, 3.8) is 0 Å². The topological polar surface area (TPSA) is 35.5 Å². The monoisotopic (exact) mass is 365 g/mol. The van der Waals surface area contributed by atoms with Gasteiger partial charge in [-0.1, -0.05) is 55.8 Å². The average Bonchev–Trinajstić information content (AvgIpc) is 2.73. The molecule has 0 saturated carbocycles. The minimum Gasteiger partial charge on any atom is -0.354 e. The smallest absolute Gasteiger partial charge is 0.226 e. The Balaban J connectivity index is 1.49. The van der Waals surface area contributed by atoms with Crippen LogP contribution < -0.4 is 9.80 Å². The number of nitrogens with zero attached hydrogens (tertiary/aromatic N) is 5. The van der Waals surface area contributed by atoms with Crippen LogP contribution >= 0.6 is 0 Å². The Bertz CT molecular complexity index is 708. The van der Waals surface area contributed by atoms with Gasteiger partial charge in [0.2, 0.25) is 5.95 Å². The van der Waals surface area contributed by atoms with Crippen molar-refractivity contribution in [3.05, 3.63) is 54.2 Å². The molecule has 2 heterocycles. The molecule has 0 radical (unpaired) electrons. The molecule has 5 heteroatoms. The van der Waals surface area contributed by atoms with Gasteiger partial charge in [0.05, 0.1) is 0 Å². The molecule has 5 nitrogen and oxygen atoms in total. The molecule has 0 amide bonds. The molecule has 1 saturated heterocycles. The summed E-state index contributed by atoms with van der Waals surface area (Å²) in [5.41, 5.74) is 1.26. The fourth-order valence-electron chi connectivity index (χ4n) is 3.26. The third-order valence-corrected chi connectivity index (χ3v) is 4.99. The van der Waals surface area contributed by atoms with Crippen molar-refractivity contribution in [1.29, 1.82) is 0 Å². The van der Waals surface area contributed by atoms with Crippen molar-refractivity contribution in [2.24, 2.45) is 0 Å². The van der Waals surface area contributed by atoms with Crippen LogP contribution in [-0.2, 0) is 0 Å². The molecule has 2 aromatic rings. The molecule has 27 heavy (non-hydrogen) atoms. The molecular weight excluding hydrogens is 334 g/mol. The third-order valence-electron chi connectivity index (χ3n) is 4.99. The zero-order chi connectivity index (χ0) is 18.9. The summed E-state index contributed by atoms with van der Waals surface area (Å²) in [5.74, 6) is 1.87. The quantitative estimate of drug-likeness (QED) is 0.715. The maximum absolute atomic E-state index is 4.78. The van der Waals surface area contributed by atoms with Gasteiger partial charge in [0, 0.05) is 52.5 Å². The molecule has 1 aliphatic heterocycles. The van der Waals surface area contributed by atoms with Crippen molar-refractivity contribution in [1.82, 2.24) is 14.9 Å². The number of piperazine rings is 1. The van der Waals surface area contributed by atoms with E-state index in [2.05, 4.69) is 76.1 Å². The van der Waals surface area contributed by atoms with Gasteiger partial charge in [-0.05, 0) is 18.1 Å². The summed E-state index contributed by atoms with van der Waals surface area (Å²) in [7, 11) is 2.08. The third kappa shape index (κ3) is 5.79. The minimum absolute atomic E-state index is 0.828. The zero-order valence-electron chi connectivity index (χ0n) is 16.6. The molecule has 0 aliphatic carbocycles. The maximum Gasteiger partial charge on any atom is 0.226 e. The lowest BCUT2D eigenvalue weighted by atomic mass is 10.2. The van der Waals surface area contributed by atoms with E-state index in [4.69, 9.17) is 4.98 Å². The first-order valence-corrected chi connectivity index (χ1v) is 9.99. The van der Waals surface area contributed by atoms with Crippen LogP contribution in [0.1, 0.15) is 25.3 Å².